The summed E-state index contributed by atoms with van der Waals surface area (Å²) in [7, 11) is 0. The normalized spacial score (nSPS) is 13.2. The van der Waals surface area contributed by atoms with Crippen molar-refractivity contribution in [3.63, 3.8) is 0 Å². The van der Waals surface area contributed by atoms with E-state index in [1.54, 1.807) is 11.8 Å². The first-order valence-electron chi connectivity index (χ1n) is 10.3. The van der Waals surface area contributed by atoms with Crippen molar-refractivity contribution in [3.8, 4) is 10.4 Å². The Balaban J connectivity index is 1.87. The minimum Gasteiger partial charge on any atom is -0.136 e. The zero-order valence-corrected chi connectivity index (χ0v) is 19.4. The molecule has 0 bridgehead atoms. The average Bonchev–Trinajstić information content (AvgIpc) is 3.22. The van der Waals surface area contributed by atoms with Gasteiger partial charge in [0, 0.05) is 9.75 Å². The highest BCUT2D eigenvalue weighted by atomic mass is 32.2. The van der Waals surface area contributed by atoms with Crippen LogP contribution in [0, 0.1) is 6.92 Å². The molecule has 4 aromatic carbocycles. The fraction of sp³-hybridized carbons (Fsp3) is 0.143. The summed E-state index contributed by atoms with van der Waals surface area (Å²) in [5, 5.41) is 9.51. The number of thiophene rings is 1. The van der Waals surface area contributed by atoms with E-state index in [-0.39, 0.29) is 0 Å². The number of fused-ring (bicyclic) bond motifs is 2. The summed E-state index contributed by atoms with van der Waals surface area (Å²) in [6.45, 7) is 6.55. The van der Waals surface area contributed by atoms with Gasteiger partial charge >= 0.3 is 0 Å². The van der Waals surface area contributed by atoms with Gasteiger partial charge in [-0.15, -0.1) is 23.1 Å². The van der Waals surface area contributed by atoms with Crippen molar-refractivity contribution in [2.75, 3.05) is 6.26 Å². The van der Waals surface area contributed by atoms with Gasteiger partial charge in [-0.25, -0.2) is 0 Å². The number of hydrogen-bond acceptors (Lipinski definition) is 2. The molecule has 0 N–H and O–H groups in total. The van der Waals surface area contributed by atoms with Gasteiger partial charge in [0.1, 0.15) is 0 Å². The number of aryl methyl sites for hydroxylation is 1. The van der Waals surface area contributed by atoms with E-state index in [1.807, 2.05) is 11.3 Å². The minimum absolute atomic E-state index is 1.31. The summed E-state index contributed by atoms with van der Waals surface area (Å²) in [5.74, 6) is 0. The molecule has 30 heavy (non-hydrogen) atoms. The van der Waals surface area contributed by atoms with Crippen LogP contribution in [0.3, 0.4) is 0 Å². The van der Waals surface area contributed by atoms with Crippen LogP contribution >= 0.6 is 23.1 Å². The van der Waals surface area contributed by atoms with Gasteiger partial charge in [-0.2, -0.15) is 0 Å². The Labute approximate surface area is 185 Å². The number of allylic oxidation sites excluding steroid dienone is 1. The molecule has 0 fully saturated rings. The van der Waals surface area contributed by atoms with Gasteiger partial charge in [-0.3, -0.25) is 0 Å². The molecule has 0 aliphatic carbocycles. The van der Waals surface area contributed by atoms with Gasteiger partial charge in [-0.05, 0) is 98.8 Å². The Bertz CT molecular complexity index is 1500. The Morgan fingerprint density at radius 2 is 1.57 bits per heavy atom. The summed E-state index contributed by atoms with van der Waals surface area (Å²) in [5.41, 5.74) is 2.67. The maximum absolute atomic E-state index is 2.33. The Hall–Kier alpha value is -2.55. The molecule has 1 heterocycles. The molecule has 0 nitrogen and oxygen atoms in total. The molecule has 1 aromatic heterocycles. The highest BCUT2D eigenvalue weighted by Crippen LogP contribution is 2.39. The maximum Gasteiger partial charge on any atom is 0.0355 e. The van der Waals surface area contributed by atoms with Crippen LogP contribution in [0.2, 0.25) is 0 Å². The number of hydrogen-bond donors (Lipinski definition) is 0. The summed E-state index contributed by atoms with van der Waals surface area (Å²) < 4.78 is 0. The summed E-state index contributed by atoms with van der Waals surface area (Å²) in [4.78, 5) is 3.98. The first-order valence-corrected chi connectivity index (χ1v) is 12.3. The first kappa shape index (κ1) is 19.4. The molecule has 0 saturated heterocycles. The van der Waals surface area contributed by atoms with Gasteiger partial charge in [0.25, 0.3) is 0 Å². The van der Waals surface area contributed by atoms with Gasteiger partial charge in [0.05, 0.1) is 0 Å². The molecule has 0 unspecified atom stereocenters. The van der Waals surface area contributed by atoms with Gasteiger partial charge < -0.3 is 0 Å². The molecule has 2 heteroatoms. The molecule has 0 radical (unpaired) electrons. The largest absolute Gasteiger partial charge is 0.136 e. The summed E-state index contributed by atoms with van der Waals surface area (Å²) in [6.07, 6.45) is 6.68. The highest BCUT2D eigenvalue weighted by Gasteiger charge is 2.14. The van der Waals surface area contributed by atoms with Crippen molar-refractivity contribution in [2.24, 2.45) is 0 Å². The molecular formula is C28H24S2. The molecule has 0 atom stereocenters. The van der Waals surface area contributed by atoms with Gasteiger partial charge in [0.2, 0.25) is 0 Å². The van der Waals surface area contributed by atoms with E-state index in [0.717, 1.165) is 0 Å². The lowest BCUT2D eigenvalue weighted by Crippen LogP contribution is -2.06. The molecule has 148 valence electrons. The topological polar surface area (TPSA) is 0 Å². The lowest BCUT2D eigenvalue weighted by molar-refractivity contribution is 1.53. The molecule has 5 rings (SSSR count). The van der Waals surface area contributed by atoms with E-state index in [2.05, 4.69) is 99.8 Å². The van der Waals surface area contributed by atoms with Crippen molar-refractivity contribution in [2.45, 2.75) is 20.8 Å². The van der Waals surface area contributed by atoms with Gasteiger partial charge in [0.15, 0.2) is 0 Å². The third kappa shape index (κ3) is 2.98. The van der Waals surface area contributed by atoms with Crippen LogP contribution in [0.1, 0.15) is 24.3 Å². The van der Waals surface area contributed by atoms with E-state index in [1.165, 1.54) is 63.3 Å². The molecule has 0 aliphatic heterocycles. The molecule has 0 aliphatic rings. The molecule has 0 spiro atoms. The number of benzene rings is 4. The summed E-state index contributed by atoms with van der Waals surface area (Å²) >= 11 is 3.67. The van der Waals surface area contributed by atoms with E-state index < -0.39 is 0 Å². The predicted octanol–water partition coefficient (Wildman–Crippen LogP) is 8.43. The van der Waals surface area contributed by atoms with Crippen molar-refractivity contribution in [1.29, 1.82) is 0 Å². The zero-order valence-electron chi connectivity index (χ0n) is 17.7. The second kappa shape index (κ2) is 7.61. The van der Waals surface area contributed by atoms with Crippen LogP contribution in [-0.2, 0) is 0 Å². The van der Waals surface area contributed by atoms with Crippen LogP contribution in [0.25, 0.3) is 54.9 Å². The second-order valence-electron chi connectivity index (χ2n) is 7.75. The molecule has 5 aromatic rings. The third-order valence-corrected chi connectivity index (χ3v) is 7.84. The van der Waals surface area contributed by atoms with Crippen LogP contribution in [0.15, 0.2) is 65.6 Å². The molecule has 0 amide bonds. The number of thioether (sulfide) groups is 1. The quantitative estimate of drug-likeness (QED) is 0.207. The van der Waals surface area contributed by atoms with Crippen LogP contribution < -0.4 is 5.22 Å². The lowest BCUT2D eigenvalue weighted by Gasteiger charge is -2.15. The van der Waals surface area contributed by atoms with E-state index in [4.69, 9.17) is 0 Å². The maximum atomic E-state index is 2.33. The fourth-order valence-corrected chi connectivity index (χ4v) is 5.96. The van der Waals surface area contributed by atoms with E-state index >= 15 is 0 Å². The van der Waals surface area contributed by atoms with E-state index in [9.17, 15) is 0 Å². The predicted molar refractivity (Wildman–Crippen MR) is 140 cm³/mol. The first-order chi connectivity index (χ1) is 14.6. The Kier molecular flexibility index (Phi) is 4.92. The zero-order chi connectivity index (χ0) is 20.8. The third-order valence-electron chi connectivity index (χ3n) is 6.01. The van der Waals surface area contributed by atoms with Crippen molar-refractivity contribution < 1.29 is 0 Å². The molecule has 0 saturated carbocycles. The Morgan fingerprint density at radius 3 is 2.33 bits per heavy atom. The second-order valence-corrected chi connectivity index (χ2v) is 9.92. The van der Waals surface area contributed by atoms with E-state index in [0.29, 0.717) is 0 Å². The van der Waals surface area contributed by atoms with Crippen molar-refractivity contribution in [1.82, 2.24) is 0 Å². The average molecular weight is 425 g/mol. The van der Waals surface area contributed by atoms with Crippen LogP contribution in [0.5, 0.6) is 0 Å². The fourth-order valence-electron chi connectivity index (χ4n) is 4.59. The minimum atomic E-state index is 1.31. The van der Waals surface area contributed by atoms with Crippen LogP contribution in [0.4, 0.5) is 0 Å². The summed E-state index contributed by atoms with van der Waals surface area (Å²) in [6, 6.07) is 22.6. The molecular weight excluding hydrogens is 400 g/mol. The van der Waals surface area contributed by atoms with Crippen molar-refractivity contribution >= 4 is 67.6 Å². The standard InChI is InChI=1S/C28H24S2/c1-5-20-25-14-13-21(26-15-12-19(30-26)16-18(3)29-4)22-10-7-11-24(28(22)25)23-9-6-8-17(2)27(20)23/h5-16H,1-4H3/b18-16-,20-5-. The smallest absolute Gasteiger partial charge is 0.0355 e. The number of rotatable bonds is 3. The van der Waals surface area contributed by atoms with Gasteiger partial charge in [-0.1, -0.05) is 54.6 Å². The lowest BCUT2D eigenvalue weighted by atomic mass is 9.89. The monoisotopic (exact) mass is 424 g/mol. The van der Waals surface area contributed by atoms with Crippen LogP contribution in [-0.4, -0.2) is 6.26 Å². The SMILES string of the molecule is C/C=c1/c2ccc(-c3ccc(/C=C(/C)SC)s3)c3cccc(c4cccc(C)c14)c32. The highest BCUT2D eigenvalue weighted by molar-refractivity contribution is 8.02. The Morgan fingerprint density at radius 1 is 0.833 bits per heavy atom. The van der Waals surface area contributed by atoms with Crippen molar-refractivity contribution in [3.05, 3.63) is 81.2 Å².